The fourth-order valence-electron chi connectivity index (χ4n) is 2.67. The predicted octanol–water partition coefficient (Wildman–Crippen LogP) is 4.93. The van der Waals surface area contributed by atoms with Gasteiger partial charge in [0.2, 0.25) is 0 Å². The van der Waals surface area contributed by atoms with Crippen LogP contribution in [0.1, 0.15) is 17.4 Å². The quantitative estimate of drug-likeness (QED) is 0.557. The van der Waals surface area contributed by atoms with E-state index >= 15 is 0 Å². The summed E-state index contributed by atoms with van der Waals surface area (Å²) in [6.07, 6.45) is 2.77. The third-order valence-electron chi connectivity index (χ3n) is 3.99. The van der Waals surface area contributed by atoms with Gasteiger partial charge < -0.3 is 5.32 Å². The van der Waals surface area contributed by atoms with Crippen molar-refractivity contribution in [1.82, 2.24) is 15.0 Å². The summed E-state index contributed by atoms with van der Waals surface area (Å²) in [5.41, 5.74) is 2.01. The number of fused-ring (bicyclic) bond motifs is 1. The van der Waals surface area contributed by atoms with Crippen LogP contribution in [0.15, 0.2) is 60.8 Å². The summed E-state index contributed by atoms with van der Waals surface area (Å²) in [6.45, 7) is 2.89. The fourth-order valence-corrected chi connectivity index (χ4v) is 3.64. The molecule has 5 heteroatoms. The highest BCUT2D eigenvalue weighted by molar-refractivity contribution is 7.18. The number of anilines is 1. The summed E-state index contributed by atoms with van der Waals surface area (Å²) in [6, 6.07) is 18.3. The van der Waals surface area contributed by atoms with Crippen molar-refractivity contribution in [2.45, 2.75) is 19.9 Å². The van der Waals surface area contributed by atoms with Gasteiger partial charge in [-0.3, -0.25) is 4.98 Å². The molecular weight excluding hydrogens is 328 g/mol. The lowest BCUT2D eigenvalue weighted by molar-refractivity contribution is 1.10. The minimum atomic E-state index is 0.660. The van der Waals surface area contributed by atoms with Crippen LogP contribution in [0, 0.1) is 0 Å². The van der Waals surface area contributed by atoms with Crippen LogP contribution >= 0.6 is 11.3 Å². The largest absolute Gasteiger partial charge is 0.365 e. The summed E-state index contributed by atoms with van der Waals surface area (Å²) in [4.78, 5) is 16.2. The summed E-state index contributed by atoms with van der Waals surface area (Å²) in [5, 5.41) is 4.56. The molecule has 3 aromatic heterocycles. The number of thiophene rings is 1. The Kier molecular flexibility index (Phi) is 4.39. The van der Waals surface area contributed by atoms with Crippen LogP contribution in [0.4, 0.5) is 5.82 Å². The molecule has 25 heavy (non-hydrogen) atoms. The van der Waals surface area contributed by atoms with Crippen LogP contribution in [0.5, 0.6) is 0 Å². The van der Waals surface area contributed by atoms with Crippen molar-refractivity contribution in [3.63, 3.8) is 0 Å². The highest BCUT2D eigenvalue weighted by Crippen LogP contribution is 2.31. The van der Waals surface area contributed by atoms with Gasteiger partial charge in [0.1, 0.15) is 16.3 Å². The molecule has 0 spiro atoms. The zero-order chi connectivity index (χ0) is 17.1. The van der Waals surface area contributed by atoms with E-state index < -0.39 is 0 Å². The number of pyridine rings is 1. The first kappa shape index (κ1) is 15.7. The molecule has 4 rings (SSSR count). The van der Waals surface area contributed by atoms with Gasteiger partial charge >= 0.3 is 0 Å². The second-order valence-electron chi connectivity index (χ2n) is 5.74. The van der Waals surface area contributed by atoms with Crippen molar-refractivity contribution in [1.29, 1.82) is 0 Å². The number of aromatic nitrogens is 3. The van der Waals surface area contributed by atoms with E-state index in [-0.39, 0.29) is 0 Å². The first-order valence-corrected chi connectivity index (χ1v) is 9.15. The molecule has 1 N–H and O–H groups in total. The molecular formula is C20H18N4S. The number of aryl methyl sites for hydroxylation is 1. The number of benzene rings is 1. The standard InChI is InChI=1S/C20H18N4S/c1-2-15-12-16-18(22-13-14-8-4-3-5-9-14)23-19(24-20(16)25-15)17-10-6-7-11-21-17/h3-12H,2,13H2,1H3,(H,22,23,24). The lowest BCUT2D eigenvalue weighted by Crippen LogP contribution is -2.03. The molecule has 0 aliphatic rings. The topological polar surface area (TPSA) is 50.7 Å². The van der Waals surface area contributed by atoms with Crippen molar-refractivity contribution < 1.29 is 0 Å². The molecule has 4 nitrogen and oxygen atoms in total. The van der Waals surface area contributed by atoms with Crippen molar-refractivity contribution >= 4 is 27.4 Å². The van der Waals surface area contributed by atoms with Gasteiger partial charge in [0.15, 0.2) is 5.82 Å². The molecule has 0 amide bonds. The van der Waals surface area contributed by atoms with Gasteiger partial charge in [-0.15, -0.1) is 11.3 Å². The molecule has 0 aliphatic heterocycles. The van der Waals surface area contributed by atoms with Gasteiger partial charge in [0, 0.05) is 17.6 Å². The summed E-state index contributed by atoms with van der Waals surface area (Å²) in [5.74, 6) is 1.53. The number of rotatable bonds is 5. The van der Waals surface area contributed by atoms with E-state index in [9.17, 15) is 0 Å². The maximum atomic E-state index is 4.76. The highest BCUT2D eigenvalue weighted by atomic mass is 32.1. The van der Waals surface area contributed by atoms with E-state index in [1.807, 2.05) is 36.4 Å². The second kappa shape index (κ2) is 6.99. The zero-order valence-corrected chi connectivity index (χ0v) is 14.8. The molecule has 4 aromatic rings. The van der Waals surface area contributed by atoms with Gasteiger partial charge in [0.25, 0.3) is 0 Å². The molecule has 124 valence electrons. The Labute approximate surface area is 150 Å². The first-order chi connectivity index (χ1) is 12.3. The van der Waals surface area contributed by atoms with Gasteiger partial charge in [-0.05, 0) is 30.2 Å². The number of hydrogen-bond donors (Lipinski definition) is 1. The molecule has 1 aromatic carbocycles. The van der Waals surface area contributed by atoms with Gasteiger partial charge in [-0.25, -0.2) is 9.97 Å². The van der Waals surface area contributed by atoms with Gasteiger partial charge in [-0.1, -0.05) is 43.3 Å². The Morgan fingerprint density at radius 1 is 1.00 bits per heavy atom. The molecule has 0 radical (unpaired) electrons. The molecule has 0 unspecified atom stereocenters. The maximum Gasteiger partial charge on any atom is 0.181 e. The Hall–Kier alpha value is -2.79. The lowest BCUT2D eigenvalue weighted by atomic mass is 10.2. The molecule has 0 saturated heterocycles. The highest BCUT2D eigenvalue weighted by Gasteiger charge is 2.13. The van der Waals surface area contributed by atoms with E-state index in [1.165, 1.54) is 10.4 Å². The third kappa shape index (κ3) is 3.37. The molecule has 0 fully saturated rings. The average molecular weight is 346 g/mol. The van der Waals surface area contributed by atoms with E-state index in [4.69, 9.17) is 9.97 Å². The lowest BCUT2D eigenvalue weighted by Gasteiger charge is -2.09. The summed E-state index contributed by atoms with van der Waals surface area (Å²) >= 11 is 1.72. The van der Waals surface area contributed by atoms with E-state index in [1.54, 1.807) is 17.5 Å². The minimum absolute atomic E-state index is 0.660. The molecule has 0 aliphatic carbocycles. The van der Waals surface area contributed by atoms with E-state index in [0.29, 0.717) is 5.82 Å². The van der Waals surface area contributed by atoms with Crippen LogP contribution in [-0.4, -0.2) is 15.0 Å². The van der Waals surface area contributed by atoms with Crippen molar-refractivity contribution in [2.75, 3.05) is 5.32 Å². The van der Waals surface area contributed by atoms with Crippen molar-refractivity contribution in [2.24, 2.45) is 0 Å². The minimum Gasteiger partial charge on any atom is -0.365 e. The first-order valence-electron chi connectivity index (χ1n) is 8.33. The zero-order valence-electron chi connectivity index (χ0n) is 13.9. The molecule has 0 saturated carbocycles. The maximum absolute atomic E-state index is 4.76. The Morgan fingerprint density at radius 2 is 1.84 bits per heavy atom. The fraction of sp³-hybridized carbons (Fsp3) is 0.150. The Balaban J connectivity index is 1.76. The molecule has 0 bridgehead atoms. The Morgan fingerprint density at radius 3 is 2.60 bits per heavy atom. The molecule has 0 atom stereocenters. The van der Waals surface area contributed by atoms with Crippen molar-refractivity contribution in [3.8, 4) is 11.5 Å². The molecule has 3 heterocycles. The van der Waals surface area contributed by atoms with E-state index in [0.717, 1.165) is 34.7 Å². The number of nitrogens with one attached hydrogen (secondary N) is 1. The van der Waals surface area contributed by atoms with E-state index in [2.05, 4.69) is 35.4 Å². The van der Waals surface area contributed by atoms with Crippen LogP contribution in [-0.2, 0) is 13.0 Å². The monoisotopic (exact) mass is 346 g/mol. The van der Waals surface area contributed by atoms with Gasteiger partial charge in [-0.2, -0.15) is 0 Å². The Bertz CT molecular complexity index is 981. The number of nitrogens with zero attached hydrogens (tertiary/aromatic N) is 3. The number of hydrogen-bond acceptors (Lipinski definition) is 5. The predicted molar refractivity (Wildman–Crippen MR) is 104 cm³/mol. The third-order valence-corrected chi connectivity index (χ3v) is 5.16. The van der Waals surface area contributed by atoms with Crippen LogP contribution in [0.2, 0.25) is 0 Å². The SMILES string of the molecule is CCc1cc2c(NCc3ccccc3)nc(-c3ccccn3)nc2s1. The second-order valence-corrected chi connectivity index (χ2v) is 6.85. The van der Waals surface area contributed by atoms with Gasteiger partial charge in [0.05, 0.1) is 5.39 Å². The summed E-state index contributed by atoms with van der Waals surface area (Å²) < 4.78 is 0. The smallest absolute Gasteiger partial charge is 0.181 e. The van der Waals surface area contributed by atoms with Crippen LogP contribution in [0.3, 0.4) is 0 Å². The van der Waals surface area contributed by atoms with Crippen LogP contribution < -0.4 is 5.32 Å². The normalized spacial score (nSPS) is 10.9. The summed E-state index contributed by atoms with van der Waals surface area (Å²) in [7, 11) is 0. The van der Waals surface area contributed by atoms with Crippen molar-refractivity contribution in [3.05, 3.63) is 71.2 Å². The average Bonchev–Trinajstić information content (AvgIpc) is 3.11. The van der Waals surface area contributed by atoms with Crippen LogP contribution in [0.25, 0.3) is 21.7 Å².